The first kappa shape index (κ1) is 18.8. The predicted octanol–water partition coefficient (Wildman–Crippen LogP) is 1.66. The zero-order chi connectivity index (χ0) is 18.9. The predicted molar refractivity (Wildman–Crippen MR) is 94.8 cm³/mol. The summed E-state index contributed by atoms with van der Waals surface area (Å²) >= 11 is 0. The van der Waals surface area contributed by atoms with Crippen molar-refractivity contribution < 1.29 is 23.9 Å². The topological polar surface area (TPSA) is 120 Å². The minimum atomic E-state index is -0.565. The number of amides is 3. The summed E-state index contributed by atoms with van der Waals surface area (Å²) in [6, 6.07) is 13.2. The largest absolute Gasteiger partial charge is 0.484 e. The van der Waals surface area contributed by atoms with Crippen LogP contribution in [0.2, 0.25) is 0 Å². The third-order valence-corrected chi connectivity index (χ3v) is 3.36. The molecule has 0 spiro atoms. The number of benzene rings is 2. The minimum absolute atomic E-state index is 0.190. The molecule has 8 nitrogen and oxygen atoms in total. The van der Waals surface area contributed by atoms with Gasteiger partial charge in [0.15, 0.2) is 6.61 Å². The lowest BCUT2D eigenvalue weighted by Crippen LogP contribution is -2.28. The average Bonchev–Trinajstić information content (AvgIpc) is 2.66. The van der Waals surface area contributed by atoms with Crippen molar-refractivity contribution in [1.29, 1.82) is 0 Å². The number of methoxy groups -OCH3 is 1. The van der Waals surface area contributed by atoms with E-state index in [1.54, 1.807) is 42.5 Å². The Balaban J connectivity index is 1.79. The highest BCUT2D eigenvalue weighted by Crippen LogP contribution is 2.13. The van der Waals surface area contributed by atoms with Crippen molar-refractivity contribution in [1.82, 2.24) is 5.32 Å². The Bertz CT molecular complexity index is 790. The summed E-state index contributed by atoms with van der Waals surface area (Å²) in [6.45, 7) is 0.117. The molecule has 3 amide bonds. The van der Waals surface area contributed by atoms with Crippen molar-refractivity contribution >= 4 is 23.6 Å². The third-order valence-electron chi connectivity index (χ3n) is 3.36. The molecule has 0 aliphatic rings. The fourth-order valence-electron chi connectivity index (χ4n) is 2.01. The summed E-state index contributed by atoms with van der Waals surface area (Å²) in [5.41, 5.74) is 6.94. The van der Waals surface area contributed by atoms with E-state index in [0.717, 1.165) is 5.56 Å². The highest BCUT2D eigenvalue weighted by Gasteiger charge is 2.06. The number of nitrogens with one attached hydrogen (secondary N) is 2. The first-order valence-electron chi connectivity index (χ1n) is 7.71. The van der Waals surface area contributed by atoms with Gasteiger partial charge in [-0.05, 0) is 35.9 Å². The standard InChI is InChI=1S/C18H19N3O5/c1-25-18(24)21-14-7-5-12(6-8-14)10-20-16(22)11-26-15-4-2-3-13(9-15)17(19)23/h2-9H,10-11H2,1H3,(H2,19,23)(H,20,22)(H,21,24). The lowest BCUT2D eigenvalue weighted by Gasteiger charge is -2.09. The maximum atomic E-state index is 11.9. The lowest BCUT2D eigenvalue weighted by molar-refractivity contribution is -0.123. The summed E-state index contributed by atoms with van der Waals surface area (Å²) in [5, 5.41) is 5.24. The zero-order valence-electron chi connectivity index (χ0n) is 14.2. The molecule has 0 aromatic heterocycles. The number of ether oxygens (including phenoxy) is 2. The summed E-state index contributed by atoms with van der Waals surface area (Å²) in [5.74, 6) is -0.494. The number of rotatable bonds is 7. The van der Waals surface area contributed by atoms with Crippen LogP contribution in [0.3, 0.4) is 0 Å². The molecule has 26 heavy (non-hydrogen) atoms. The van der Waals surface area contributed by atoms with E-state index in [2.05, 4.69) is 15.4 Å². The van der Waals surface area contributed by atoms with Crippen molar-refractivity contribution in [2.24, 2.45) is 5.73 Å². The molecule has 0 aliphatic carbocycles. The SMILES string of the molecule is COC(=O)Nc1ccc(CNC(=O)COc2cccc(C(N)=O)c2)cc1. The van der Waals surface area contributed by atoms with E-state index in [9.17, 15) is 14.4 Å². The molecule has 0 saturated carbocycles. The molecule has 0 atom stereocenters. The second-order valence-corrected chi connectivity index (χ2v) is 5.27. The Morgan fingerprint density at radius 1 is 1.08 bits per heavy atom. The number of hydrogen-bond donors (Lipinski definition) is 3. The van der Waals surface area contributed by atoms with Gasteiger partial charge in [0.1, 0.15) is 5.75 Å². The van der Waals surface area contributed by atoms with Gasteiger partial charge in [0.2, 0.25) is 5.91 Å². The van der Waals surface area contributed by atoms with E-state index in [4.69, 9.17) is 10.5 Å². The maximum Gasteiger partial charge on any atom is 0.411 e. The monoisotopic (exact) mass is 357 g/mol. The molecular weight excluding hydrogens is 338 g/mol. The van der Waals surface area contributed by atoms with Gasteiger partial charge in [0, 0.05) is 17.8 Å². The number of carbonyl (C=O) groups excluding carboxylic acids is 3. The molecule has 0 bridgehead atoms. The van der Waals surface area contributed by atoms with Crippen LogP contribution in [0.25, 0.3) is 0 Å². The first-order chi connectivity index (χ1) is 12.5. The molecule has 2 rings (SSSR count). The van der Waals surface area contributed by atoms with E-state index in [0.29, 0.717) is 23.5 Å². The van der Waals surface area contributed by atoms with Gasteiger partial charge in [0.25, 0.3) is 5.91 Å². The van der Waals surface area contributed by atoms with Crippen molar-refractivity contribution in [3.05, 3.63) is 59.7 Å². The lowest BCUT2D eigenvalue weighted by atomic mass is 10.2. The summed E-state index contributed by atoms with van der Waals surface area (Å²) in [7, 11) is 1.28. The molecule has 136 valence electrons. The molecule has 0 radical (unpaired) electrons. The average molecular weight is 357 g/mol. The Morgan fingerprint density at radius 3 is 2.46 bits per heavy atom. The molecular formula is C18H19N3O5. The molecule has 0 heterocycles. The first-order valence-corrected chi connectivity index (χ1v) is 7.71. The van der Waals surface area contributed by atoms with Gasteiger partial charge in [-0.25, -0.2) is 4.79 Å². The van der Waals surface area contributed by atoms with Crippen LogP contribution in [-0.4, -0.2) is 31.6 Å². The van der Waals surface area contributed by atoms with Crippen molar-refractivity contribution in [3.63, 3.8) is 0 Å². The normalized spacial score (nSPS) is 9.88. The molecule has 0 aliphatic heterocycles. The van der Waals surface area contributed by atoms with Crippen LogP contribution in [0.5, 0.6) is 5.75 Å². The molecule has 4 N–H and O–H groups in total. The molecule has 0 unspecified atom stereocenters. The number of carbonyl (C=O) groups is 3. The Hall–Kier alpha value is -3.55. The quantitative estimate of drug-likeness (QED) is 0.696. The molecule has 8 heteroatoms. The van der Waals surface area contributed by atoms with Gasteiger partial charge >= 0.3 is 6.09 Å². The fourth-order valence-corrected chi connectivity index (χ4v) is 2.01. The second kappa shape index (κ2) is 9.07. The number of primary amides is 1. The van der Waals surface area contributed by atoms with Crippen molar-refractivity contribution in [3.8, 4) is 5.75 Å². The van der Waals surface area contributed by atoms with Crippen LogP contribution in [0.15, 0.2) is 48.5 Å². The van der Waals surface area contributed by atoms with Crippen LogP contribution in [0.4, 0.5) is 10.5 Å². The van der Waals surface area contributed by atoms with Gasteiger partial charge in [-0.2, -0.15) is 0 Å². The molecule has 2 aromatic rings. The van der Waals surface area contributed by atoms with Crippen LogP contribution in [-0.2, 0) is 16.1 Å². The highest BCUT2D eigenvalue weighted by atomic mass is 16.5. The Labute approximate surface area is 150 Å². The van der Waals surface area contributed by atoms with Crippen LogP contribution >= 0.6 is 0 Å². The van der Waals surface area contributed by atoms with Crippen molar-refractivity contribution in [2.45, 2.75) is 6.54 Å². The fraction of sp³-hybridized carbons (Fsp3) is 0.167. The molecule has 0 saturated heterocycles. The summed E-state index contributed by atoms with van der Waals surface area (Å²) < 4.78 is 9.84. The second-order valence-electron chi connectivity index (χ2n) is 5.27. The van der Waals surface area contributed by atoms with E-state index < -0.39 is 12.0 Å². The minimum Gasteiger partial charge on any atom is -0.484 e. The zero-order valence-corrected chi connectivity index (χ0v) is 14.2. The Morgan fingerprint density at radius 2 is 1.81 bits per heavy atom. The Kier molecular flexibility index (Phi) is 6.55. The molecule has 2 aromatic carbocycles. The van der Waals surface area contributed by atoms with Gasteiger partial charge in [0.05, 0.1) is 7.11 Å². The van der Waals surface area contributed by atoms with Crippen molar-refractivity contribution in [2.75, 3.05) is 19.0 Å². The van der Waals surface area contributed by atoms with Crippen LogP contribution in [0, 0.1) is 0 Å². The summed E-state index contributed by atoms with van der Waals surface area (Å²) in [6.07, 6.45) is -0.552. The van der Waals surface area contributed by atoms with Gasteiger partial charge < -0.3 is 20.5 Å². The van der Waals surface area contributed by atoms with Gasteiger partial charge in [-0.15, -0.1) is 0 Å². The van der Waals surface area contributed by atoms with E-state index in [1.165, 1.54) is 13.2 Å². The maximum absolute atomic E-state index is 11.9. The van der Waals surface area contributed by atoms with Gasteiger partial charge in [-0.3, -0.25) is 14.9 Å². The van der Waals surface area contributed by atoms with Crippen LogP contribution < -0.4 is 21.1 Å². The van der Waals surface area contributed by atoms with E-state index in [-0.39, 0.29) is 12.5 Å². The highest BCUT2D eigenvalue weighted by molar-refractivity contribution is 5.93. The number of nitrogens with two attached hydrogens (primary N) is 1. The number of anilines is 1. The van der Waals surface area contributed by atoms with Gasteiger partial charge in [-0.1, -0.05) is 18.2 Å². The van der Waals surface area contributed by atoms with Crippen LogP contribution in [0.1, 0.15) is 15.9 Å². The van der Waals surface area contributed by atoms with E-state index >= 15 is 0 Å². The smallest absolute Gasteiger partial charge is 0.411 e. The summed E-state index contributed by atoms with van der Waals surface area (Å²) in [4.78, 5) is 34.1. The third kappa shape index (κ3) is 5.82. The molecule has 0 fully saturated rings. The number of hydrogen-bond acceptors (Lipinski definition) is 5. The van der Waals surface area contributed by atoms with E-state index in [1.807, 2.05) is 0 Å².